The number of carbonyl (C=O) groups is 1. The Kier molecular flexibility index (Phi) is 9.13. The van der Waals surface area contributed by atoms with Crippen LogP contribution in [0.5, 0.6) is 0 Å². The third kappa shape index (κ3) is 6.36. The van der Waals surface area contributed by atoms with Crippen molar-refractivity contribution in [2.75, 3.05) is 24.4 Å². The zero-order chi connectivity index (χ0) is 35.4. The molecule has 3 atom stereocenters. The van der Waals surface area contributed by atoms with Gasteiger partial charge in [0.15, 0.2) is 0 Å². The van der Waals surface area contributed by atoms with Gasteiger partial charge in [0, 0.05) is 31.2 Å². The van der Waals surface area contributed by atoms with E-state index in [2.05, 4.69) is 34.6 Å². The van der Waals surface area contributed by atoms with Crippen molar-refractivity contribution in [2.24, 2.45) is 0 Å². The highest BCUT2D eigenvalue weighted by molar-refractivity contribution is 7.93. The third-order valence-electron chi connectivity index (χ3n) is 11.1. The summed E-state index contributed by atoms with van der Waals surface area (Å²) in [6, 6.07) is 19.9. The Labute approximate surface area is 293 Å². The zero-order valence-corrected chi connectivity index (χ0v) is 29.0. The molecular formula is C36H38ClF4N5O3S. The molecule has 3 saturated heterocycles. The lowest BCUT2D eigenvalue weighted by atomic mass is 9.70. The summed E-state index contributed by atoms with van der Waals surface area (Å²) in [7, 11) is -5.73. The molecule has 50 heavy (non-hydrogen) atoms. The number of rotatable bonds is 8. The molecule has 7 rings (SSSR count). The molecule has 14 heteroatoms. The first-order valence-electron chi connectivity index (χ1n) is 16.9. The van der Waals surface area contributed by atoms with Gasteiger partial charge >= 0.3 is 15.5 Å². The molecule has 3 aromatic carbocycles. The Morgan fingerprint density at radius 2 is 1.66 bits per heavy atom. The van der Waals surface area contributed by atoms with Crippen molar-refractivity contribution in [2.45, 2.75) is 80.9 Å². The van der Waals surface area contributed by atoms with Crippen molar-refractivity contribution in [3.05, 3.63) is 94.5 Å². The lowest BCUT2D eigenvalue weighted by Crippen LogP contribution is -2.49. The van der Waals surface area contributed by atoms with Crippen LogP contribution in [0.4, 0.5) is 23.2 Å². The van der Waals surface area contributed by atoms with Crippen molar-refractivity contribution in [1.82, 2.24) is 19.4 Å². The number of hydrogen-bond acceptors (Lipinski definition) is 5. The molecule has 8 nitrogen and oxygen atoms in total. The van der Waals surface area contributed by atoms with Crippen LogP contribution in [0.2, 0.25) is 5.02 Å². The number of piperidine rings is 2. The second-order valence-corrected chi connectivity index (χ2v) is 15.9. The van der Waals surface area contributed by atoms with E-state index in [-0.39, 0.29) is 11.4 Å². The zero-order valence-electron chi connectivity index (χ0n) is 27.5. The largest absolute Gasteiger partial charge is 0.516 e. The van der Waals surface area contributed by atoms with Gasteiger partial charge in [-0.2, -0.15) is 21.6 Å². The number of nitrogens with zero attached hydrogens (tertiary/aromatic N) is 4. The fourth-order valence-corrected chi connectivity index (χ4v) is 9.46. The van der Waals surface area contributed by atoms with E-state index in [1.54, 1.807) is 17.0 Å². The number of aryl methyl sites for hydroxylation is 1. The third-order valence-corrected chi connectivity index (χ3v) is 12.6. The Balaban J connectivity index is 1.07. The highest BCUT2D eigenvalue weighted by Gasteiger charge is 2.47. The molecule has 266 valence electrons. The lowest BCUT2D eigenvalue weighted by Gasteiger charge is -2.45. The van der Waals surface area contributed by atoms with Gasteiger partial charge in [-0.15, -0.1) is 0 Å². The molecule has 0 radical (unpaired) electrons. The van der Waals surface area contributed by atoms with Crippen LogP contribution in [0.15, 0.2) is 66.7 Å². The number of sulfonamides is 1. The second kappa shape index (κ2) is 13.1. The summed E-state index contributed by atoms with van der Waals surface area (Å²) in [6.07, 6.45) is 6.19. The molecule has 4 heterocycles. The van der Waals surface area contributed by atoms with Crippen LogP contribution in [0.3, 0.4) is 0 Å². The molecule has 1 amide bonds. The van der Waals surface area contributed by atoms with Crippen molar-refractivity contribution >= 4 is 44.3 Å². The average molecular weight is 732 g/mol. The molecular weight excluding hydrogens is 694 g/mol. The molecule has 3 aliphatic rings. The van der Waals surface area contributed by atoms with Gasteiger partial charge in [-0.1, -0.05) is 41.9 Å². The number of amides is 1. The summed E-state index contributed by atoms with van der Waals surface area (Å²) in [4.78, 5) is 22.7. The first-order valence-corrected chi connectivity index (χ1v) is 18.7. The molecule has 1 unspecified atom stereocenters. The Hall–Kier alpha value is -3.68. The van der Waals surface area contributed by atoms with Crippen molar-refractivity contribution < 1.29 is 30.8 Å². The van der Waals surface area contributed by atoms with Gasteiger partial charge in [0.1, 0.15) is 11.6 Å². The van der Waals surface area contributed by atoms with Crippen molar-refractivity contribution in [3.63, 3.8) is 0 Å². The van der Waals surface area contributed by atoms with Gasteiger partial charge in [0.05, 0.1) is 27.3 Å². The predicted octanol–water partition coefficient (Wildman–Crippen LogP) is 7.83. The number of imidazole rings is 1. The highest BCUT2D eigenvalue weighted by Crippen LogP contribution is 2.45. The number of benzene rings is 3. The smallest absolute Gasteiger partial charge is 0.339 e. The first-order chi connectivity index (χ1) is 23.8. The number of carbonyl (C=O) groups excluding carboxylic acids is 1. The van der Waals surface area contributed by atoms with Crippen LogP contribution in [0.1, 0.15) is 72.7 Å². The van der Waals surface area contributed by atoms with Crippen LogP contribution in [-0.4, -0.2) is 70.9 Å². The van der Waals surface area contributed by atoms with Gasteiger partial charge in [-0.25, -0.2) is 9.37 Å². The number of nitrogens with one attached hydrogen (secondary N) is 1. The standard InChI is InChI=1S/C36H38ClF4N5O3S/c1-23-42-30-9-2-3-11-32(30)46(23)28-21-26-12-13-27(22-28)45(26)19-16-35(24-6-4-7-25(38)20-24)14-17-44(18-15-35)34(47)29-8-5-10-31(33(29)37)43-50(48,49)36(39,40)41/h2-11,20,26-28,43H,12-19,21-22H2,1H3/t26-,27+,28?. The van der Waals surface area contributed by atoms with E-state index in [1.807, 2.05) is 12.1 Å². The maximum atomic E-state index is 14.6. The summed E-state index contributed by atoms with van der Waals surface area (Å²) < 4.78 is 80.9. The van der Waals surface area contributed by atoms with E-state index in [9.17, 15) is 30.8 Å². The fraction of sp³-hybridized carbons (Fsp3) is 0.444. The predicted molar refractivity (Wildman–Crippen MR) is 184 cm³/mol. The fourth-order valence-electron chi connectivity index (χ4n) is 8.58. The number of likely N-dealkylation sites (tertiary alicyclic amines) is 1. The molecule has 0 saturated carbocycles. The average Bonchev–Trinajstić information content (AvgIpc) is 3.54. The van der Waals surface area contributed by atoms with Gasteiger partial charge in [0.25, 0.3) is 5.91 Å². The topological polar surface area (TPSA) is 87.5 Å². The highest BCUT2D eigenvalue weighted by atomic mass is 35.5. The molecule has 1 N–H and O–H groups in total. The molecule has 3 aliphatic heterocycles. The summed E-state index contributed by atoms with van der Waals surface area (Å²) in [5, 5.41) is -0.412. The number of aromatic nitrogens is 2. The number of anilines is 1. The van der Waals surface area contributed by atoms with Crippen LogP contribution in [0, 0.1) is 12.7 Å². The molecule has 4 aromatic rings. The molecule has 0 aliphatic carbocycles. The van der Waals surface area contributed by atoms with Crippen LogP contribution in [-0.2, 0) is 15.4 Å². The van der Waals surface area contributed by atoms with Crippen LogP contribution in [0.25, 0.3) is 11.0 Å². The first kappa shape index (κ1) is 34.8. The second-order valence-electron chi connectivity index (χ2n) is 13.8. The molecule has 1 aromatic heterocycles. The number of halogens is 5. The van der Waals surface area contributed by atoms with Gasteiger partial charge in [-0.3, -0.25) is 14.4 Å². The number of alkyl halides is 3. The van der Waals surface area contributed by atoms with Crippen LogP contribution >= 0.6 is 11.6 Å². The Morgan fingerprint density at radius 1 is 0.980 bits per heavy atom. The van der Waals surface area contributed by atoms with Crippen molar-refractivity contribution in [1.29, 1.82) is 0 Å². The number of fused-ring (bicyclic) bond motifs is 3. The minimum absolute atomic E-state index is 0.104. The molecule has 2 bridgehead atoms. The van der Waals surface area contributed by atoms with E-state index < -0.39 is 37.6 Å². The number of hydrogen-bond donors (Lipinski definition) is 1. The Bertz CT molecular complexity index is 2020. The van der Waals surface area contributed by atoms with E-state index in [1.165, 1.54) is 28.4 Å². The van der Waals surface area contributed by atoms with E-state index >= 15 is 0 Å². The lowest BCUT2D eigenvalue weighted by molar-refractivity contribution is -0.0429. The van der Waals surface area contributed by atoms with E-state index in [0.29, 0.717) is 44.1 Å². The number of para-hydroxylation sites is 2. The Morgan fingerprint density at radius 3 is 2.34 bits per heavy atom. The molecule has 0 spiro atoms. The SMILES string of the molecule is Cc1nc2ccccc2n1C1C[C@H]2CC[C@@H](C1)N2CCC1(c2cccc(F)c2)CCN(C(=O)c2cccc(NS(=O)(=O)C(F)(F)F)c2Cl)CC1. The molecule has 3 fully saturated rings. The van der Waals surface area contributed by atoms with Gasteiger partial charge < -0.3 is 9.47 Å². The summed E-state index contributed by atoms with van der Waals surface area (Å²) in [5.41, 5.74) is -3.52. The van der Waals surface area contributed by atoms with E-state index in [0.717, 1.165) is 61.6 Å². The van der Waals surface area contributed by atoms with Crippen LogP contribution < -0.4 is 4.72 Å². The van der Waals surface area contributed by atoms with E-state index in [4.69, 9.17) is 16.6 Å². The summed E-state index contributed by atoms with van der Waals surface area (Å²) in [5.74, 6) is 0.193. The normalized spacial score (nSPS) is 22.6. The quantitative estimate of drug-likeness (QED) is 0.187. The summed E-state index contributed by atoms with van der Waals surface area (Å²) in [6.45, 7) is 3.54. The maximum absolute atomic E-state index is 14.6. The minimum atomic E-state index is -5.73. The maximum Gasteiger partial charge on any atom is 0.516 e. The summed E-state index contributed by atoms with van der Waals surface area (Å²) >= 11 is 6.30. The van der Waals surface area contributed by atoms with Gasteiger partial charge in [0.2, 0.25) is 0 Å². The minimum Gasteiger partial charge on any atom is -0.339 e. The van der Waals surface area contributed by atoms with Crippen molar-refractivity contribution in [3.8, 4) is 0 Å². The van der Waals surface area contributed by atoms with Gasteiger partial charge in [-0.05, 0) is 106 Å². The monoisotopic (exact) mass is 731 g/mol.